The van der Waals surface area contributed by atoms with Crippen LogP contribution < -0.4 is 4.90 Å². The van der Waals surface area contributed by atoms with Gasteiger partial charge in [0.05, 0.1) is 11.5 Å². The number of para-hydroxylation sites is 2. The zero-order valence-electron chi connectivity index (χ0n) is 30.3. The number of ether oxygens (including phenoxy) is 2. The van der Waals surface area contributed by atoms with Gasteiger partial charge in [-0.1, -0.05) is 68.4 Å². The van der Waals surface area contributed by atoms with E-state index >= 15 is 0 Å². The Hall–Kier alpha value is -3.91. The van der Waals surface area contributed by atoms with Gasteiger partial charge in [-0.05, 0) is 103 Å². The molecule has 0 bridgehead atoms. The highest BCUT2D eigenvalue weighted by Gasteiger charge is 2.43. The monoisotopic (exact) mass is 763 g/mol. The van der Waals surface area contributed by atoms with Crippen molar-refractivity contribution in [3.63, 3.8) is 0 Å². The van der Waals surface area contributed by atoms with Crippen molar-refractivity contribution in [1.82, 2.24) is 0 Å². The maximum atomic E-state index is 13.4. The minimum Gasteiger partial charge on any atom is -0.381 e. The SMILES string of the molecule is CC(C)C(=O)c1ccc2c(c1)C(CCOCCCCS(=O)(=O)O)(CCOCCCCS(=O)(=O)O)c1cc(N(c3ccccc3)c3ccccc3)ccc1-2. The van der Waals surface area contributed by atoms with Crippen LogP contribution in [0.1, 0.15) is 73.9 Å². The van der Waals surface area contributed by atoms with E-state index in [2.05, 4.69) is 47.4 Å². The fraction of sp³-hybridized carbons (Fsp3) is 0.390. The second-order valence-electron chi connectivity index (χ2n) is 13.8. The van der Waals surface area contributed by atoms with Crippen LogP contribution in [0.25, 0.3) is 11.1 Å². The maximum absolute atomic E-state index is 13.4. The first-order chi connectivity index (χ1) is 25.3. The summed E-state index contributed by atoms with van der Waals surface area (Å²) in [5.74, 6) is -0.794. The summed E-state index contributed by atoms with van der Waals surface area (Å²) in [7, 11) is -8.09. The molecule has 0 radical (unpaired) electrons. The average molecular weight is 764 g/mol. The molecule has 0 unspecified atom stereocenters. The number of anilines is 3. The zero-order chi connectivity index (χ0) is 38.1. The van der Waals surface area contributed by atoms with Crippen LogP contribution in [0.5, 0.6) is 0 Å². The molecule has 1 aliphatic rings. The third-order valence-corrected chi connectivity index (χ3v) is 11.3. The standard InChI is InChI=1S/C41H49NO9S2/c1-31(2)40(43)32-17-19-36-37-20-18-35(42(33-13-5-3-6-14-33)34-15-7-4-8-16-34)30-39(37)41(38(36)29-32,21-25-50-23-9-11-27-52(44,45)46)22-26-51-24-10-12-28-53(47,48)49/h3-8,13-20,29-31H,9-12,21-28H2,1-2H3,(H,44,45,46)(H,47,48,49). The van der Waals surface area contributed by atoms with E-state index < -0.39 is 25.7 Å². The Morgan fingerprint density at radius 2 is 1.09 bits per heavy atom. The number of fused-ring (bicyclic) bond motifs is 3. The van der Waals surface area contributed by atoms with Gasteiger partial charge in [-0.15, -0.1) is 0 Å². The molecule has 0 fully saturated rings. The van der Waals surface area contributed by atoms with Crippen LogP contribution in [0.3, 0.4) is 0 Å². The predicted molar refractivity (Wildman–Crippen MR) is 209 cm³/mol. The molecular formula is C41H49NO9S2. The number of hydrogen-bond acceptors (Lipinski definition) is 8. The molecule has 0 saturated carbocycles. The molecule has 0 aromatic heterocycles. The summed E-state index contributed by atoms with van der Waals surface area (Å²) in [5, 5.41) is 0. The van der Waals surface area contributed by atoms with Crippen molar-refractivity contribution < 1.29 is 40.2 Å². The number of carbonyl (C=O) groups is 1. The zero-order valence-corrected chi connectivity index (χ0v) is 31.9. The number of Topliss-reactive ketones (excluding diaryl/α,β-unsaturated/α-hetero) is 1. The number of hydrogen-bond donors (Lipinski definition) is 2. The van der Waals surface area contributed by atoms with Gasteiger partial charge in [0, 0.05) is 60.4 Å². The second kappa shape index (κ2) is 17.9. The molecule has 0 heterocycles. The van der Waals surface area contributed by atoms with Gasteiger partial charge in [-0.3, -0.25) is 13.9 Å². The number of ketones is 1. The molecule has 0 atom stereocenters. The van der Waals surface area contributed by atoms with E-state index in [0.717, 1.165) is 39.3 Å². The lowest BCUT2D eigenvalue weighted by Crippen LogP contribution is -2.30. The molecule has 12 heteroatoms. The maximum Gasteiger partial charge on any atom is 0.264 e. The van der Waals surface area contributed by atoms with Crippen molar-refractivity contribution in [2.24, 2.45) is 5.92 Å². The molecule has 10 nitrogen and oxygen atoms in total. The van der Waals surface area contributed by atoms with Gasteiger partial charge in [0.2, 0.25) is 0 Å². The number of nitrogens with zero attached hydrogens (tertiary/aromatic N) is 1. The molecular weight excluding hydrogens is 715 g/mol. The Labute approximate surface area is 313 Å². The predicted octanol–water partition coefficient (Wildman–Crippen LogP) is 8.41. The van der Waals surface area contributed by atoms with E-state index in [-0.39, 0.29) is 36.0 Å². The fourth-order valence-corrected chi connectivity index (χ4v) is 8.19. The Kier molecular flexibility index (Phi) is 13.6. The summed E-state index contributed by atoms with van der Waals surface area (Å²) >= 11 is 0. The number of unbranched alkanes of at least 4 members (excludes halogenated alkanes) is 2. The van der Waals surface area contributed by atoms with E-state index in [4.69, 9.17) is 18.6 Å². The van der Waals surface area contributed by atoms with Crippen LogP contribution in [-0.2, 0) is 35.1 Å². The van der Waals surface area contributed by atoms with E-state index in [0.29, 0.717) is 57.7 Å². The van der Waals surface area contributed by atoms with Crippen LogP contribution in [-0.4, -0.2) is 69.7 Å². The summed E-state index contributed by atoms with van der Waals surface area (Å²) < 4.78 is 75.3. The van der Waals surface area contributed by atoms with Gasteiger partial charge in [-0.25, -0.2) is 0 Å². The lowest BCUT2D eigenvalue weighted by molar-refractivity contribution is 0.0925. The van der Waals surface area contributed by atoms with Gasteiger partial charge in [0.15, 0.2) is 5.78 Å². The molecule has 1 aliphatic carbocycles. The van der Waals surface area contributed by atoms with Crippen LogP contribution >= 0.6 is 0 Å². The molecule has 0 spiro atoms. The van der Waals surface area contributed by atoms with Crippen molar-refractivity contribution in [2.45, 2.75) is 57.8 Å². The molecule has 0 amide bonds. The summed E-state index contributed by atoms with van der Waals surface area (Å²) in [6.07, 6.45) is 2.56. The van der Waals surface area contributed by atoms with Crippen molar-refractivity contribution >= 4 is 43.1 Å². The molecule has 53 heavy (non-hydrogen) atoms. The molecule has 0 saturated heterocycles. The van der Waals surface area contributed by atoms with Gasteiger partial charge in [-0.2, -0.15) is 16.8 Å². The summed E-state index contributed by atoms with van der Waals surface area (Å²) in [4.78, 5) is 15.6. The second-order valence-corrected chi connectivity index (χ2v) is 17.0. The lowest BCUT2D eigenvalue weighted by Gasteiger charge is -2.34. The molecule has 284 valence electrons. The first-order valence-corrected chi connectivity index (χ1v) is 21.3. The first kappa shape index (κ1) is 40.3. The summed E-state index contributed by atoms with van der Waals surface area (Å²) in [5.41, 5.74) is 7.08. The quantitative estimate of drug-likeness (QED) is 0.0482. The van der Waals surface area contributed by atoms with Crippen molar-refractivity contribution in [3.8, 4) is 11.1 Å². The first-order valence-electron chi connectivity index (χ1n) is 18.1. The number of rotatable bonds is 21. The van der Waals surface area contributed by atoms with Crippen molar-refractivity contribution in [1.29, 1.82) is 0 Å². The van der Waals surface area contributed by atoms with E-state index in [9.17, 15) is 21.6 Å². The van der Waals surface area contributed by atoms with Gasteiger partial charge in [0.1, 0.15) is 0 Å². The smallest absolute Gasteiger partial charge is 0.264 e. The fourth-order valence-electron chi connectivity index (χ4n) is 7.05. The molecule has 0 aliphatic heterocycles. The van der Waals surface area contributed by atoms with Gasteiger partial charge in [0.25, 0.3) is 20.2 Å². The normalized spacial score (nSPS) is 13.5. The van der Waals surface area contributed by atoms with Crippen molar-refractivity contribution in [3.05, 3.63) is 114 Å². The highest BCUT2D eigenvalue weighted by molar-refractivity contribution is 7.86. The lowest BCUT2D eigenvalue weighted by atomic mass is 9.72. The minimum atomic E-state index is -4.04. The van der Waals surface area contributed by atoms with E-state index in [1.165, 1.54) is 0 Å². The summed E-state index contributed by atoms with van der Waals surface area (Å²) in [6, 6.07) is 32.7. The molecule has 2 N–H and O–H groups in total. The van der Waals surface area contributed by atoms with Crippen LogP contribution in [0.15, 0.2) is 97.1 Å². The van der Waals surface area contributed by atoms with Crippen LogP contribution in [0.2, 0.25) is 0 Å². The third kappa shape index (κ3) is 10.6. The Bertz CT molecular complexity index is 1970. The van der Waals surface area contributed by atoms with Gasteiger partial charge < -0.3 is 14.4 Å². The Balaban J connectivity index is 1.55. The third-order valence-electron chi connectivity index (χ3n) is 9.67. The molecule has 4 aromatic carbocycles. The Morgan fingerprint density at radius 1 is 0.623 bits per heavy atom. The topological polar surface area (TPSA) is 148 Å². The number of benzene rings is 4. The van der Waals surface area contributed by atoms with E-state index in [1.54, 1.807) is 0 Å². The minimum absolute atomic E-state index is 0.0443. The van der Waals surface area contributed by atoms with Crippen LogP contribution in [0, 0.1) is 5.92 Å². The van der Waals surface area contributed by atoms with E-state index in [1.807, 2.05) is 68.4 Å². The molecule has 4 aromatic rings. The molecule has 5 rings (SSSR count). The summed E-state index contributed by atoms with van der Waals surface area (Å²) in [6.45, 7) is 5.09. The van der Waals surface area contributed by atoms with Crippen molar-refractivity contribution in [2.75, 3.05) is 42.8 Å². The Morgan fingerprint density at radius 3 is 1.57 bits per heavy atom. The number of carbonyl (C=O) groups excluding carboxylic acids is 1. The van der Waals surface area contributed by atoms with Gasteiger partial charge >= 0.3 is 0 Å². The highest BCUT2D eigenvalue weighted by atomic mass is 32.2. The largest absolute Gasteiger partial charge is 0.381 e. The highest BCUT2D eigenvalue weighted by Crippen LogP contribution is 2.54. The van der Waals surface area contributed by atoms with Crippen LogP contribution in [0.4, 0.5) is 17.1 Å². The average Bonchev–Trinajstić information content (AvgIpc) is 3.38.